The van der Waals surface area contributed by atoms with Crippen molar-refractivity contribution < 1.29 is 18.5 Å². The van der Waals surface area contributed by atoms with E-state index in [0.29, 0.717) is 0 Å². The summed E-state index contributed by atoms with van der Waals surface area (Å²) in [6.45, 7) is 3.40. The van der Waals surface area contributed by atoms with Crippen LogP contribution in [0.2, 0.25) is 0 Å². The summed E-state index contributed by atoms with van der Waals surface area (Å²) in [5.41, 5.74) is 0. The lowest BCUT2D eigenvalue weighted by Gasteiger charge is -2.45. The van der Waals surface area contributed by atoms with E-state index in [4.69, 9.17) is 0 Å². The Bertz CT molecular complexity index is 437. The molecule has 2 aliphatic rings. The average molecular weight is 389 g/mol. The largest absolute Gasteiger partial charge is 0.467 e. The third-order valence-electron chi connectivity index (χ3n) is 3.16. The molecule has 2 rings (SSSR count). The molecule has 2 aliphatic heterocycles. The second-order valence-electron chi connectivity index (χ2n) is 4.51. The molecular weight excluding hydrogens is 378 g/mol. The van der Waals surface area contributed by atoms with Crippen LogP contribution in [0.15, 0.2) is 0 Å². The topological polar surface area (TPSA) is 63.7 Å². The molecule has 0 bridgehead atoms. The quantitative estimate of drug-likeness (QED) is 0.377. The molecule has 0 saturated carbocycles. The summed E-state index contributed by atoms with van der Waals surface area (Å²) in [6.07, 6.45) is 0. The summed E-state index contributed by atoms with van der Waals surface area (Å²) in [7, 11) is -0.0947. The van der Waals surface area contributed by atoms with Crippen LogP contribution in [0.1, 0.15) is 13.8 Å². The number of β-lactam (4-membered cyclic amide) rings is 1. The minimum atomic E-state index is -1.35. The van der Waals surface area contributed by atoms with Crippen LogP contribution in [0, 0.1) is 0 Å². The third kappa shape index (κ3) is 1.49. The zero-order chi connectivity index (χ0) is 13.2. The SMILES string of the molecule is COC(=O)[C@@H]1N2C(=O)C(Br)(Br)[C@H]2S(=O)C1(C)C. The number of esters is 1. The summed E-state index contributed by atoms with van der Waals surface area (Å²) in [5.74, 6) is -0.827. The fourth-order valence-electron chi connectivity index (χ4n) is 2.22. The number of ether oxygens (including phenoxy) is 1. The average Bonchev–Trinajstić information content (AvgIpc) is 2.45. The minimum Gasteiger partial charge on any atom is -0.467 e. The second-order valence-corrected chi connectivity index (χ2v) is 10.2. The van der Waals surface area contributed by atoms with Gasteiger partial charge in [0.15, 0.2) is 3.23 Å². The number of hydrogen-bond donors (Lipinski definition) is 0. The number of fused-ring (bicyclic) bond motifs is 1. The zero-order valence-corrected chi connectivity index (χ0v) is 13.4. The highest BCUT2D eigenvalue weighted by Crippen LogP contribution is 2.55. The molecule has 2 heterocycles. The van der Waals surface area contributed by atoms with Crippen molar-refractivity contribution in [1.29, 1.82) is 0 Å². The molecule has 3 atom stereocenters. The number of carbonyl (C=O) groups excluding carboxylic acids is 2. The van der Waals surface area contributed by atoms with Crippen molar-refractivity contribution in [2.45, 2.75) is 33.2 Å². The molecule has 8 heteroatoms. The van der Waals surface area contributed by atoms with E-state index in [1.54, 1.807) is 13.8 Å². The molecule has 0 aromatic heterocycles. The predicted octanol–water partition coefficient (Wildman–Crippen LogP) is 0.723. The van der Waals surface area contributed by atoms with E-state index in [1.165, 1.54) is 12.0 Å². The fraction of sp³-hybridized carbons (Fsp3) is 0.778. The maximum Gasteiger partial charge on any atom is 0.330 e. The maximum atomic E-state index is 12.3. The normalized spacial score (nSPS) is 37.4. The van der Waals surface area contributed by atoms with Crippen LogP contribution in [-0.2, 0) is 25.1 Å². The highest BCUT2D eigenvalue weighted by atomic mass is 79.9. The van der Waals surface area contributed by atoms with Gasteiger partial charge in [0, 0.05) is 0 Å². The molecule has 5 nitrogen and oxygen atoms in total. The Morgan fingerprint density at radius 3 is 2.47 bits per heavy atom. The van der Waals surface area contributed by atoms with E-state index in [2.05, 4.69) is 36.6 Å². The lowest BCUT2D eigenvalue weighted by atomic mass is 9.98. The second kappa shape index (κ2) is 3.77. The highest BCUT2D eigenvalue weighted by Gasteiger charge is 2.73. The van der Waals surface area contributed by atoms with Crippen LogP contribution >= 0.6 is 31.9 Å². The van der Waals surface area contributed by atoms with Crippen LogP contribution in [0.4, 0.5) is 0 Å². The Kier molecular flexibility index (Phi) is 2.99. The maximum absolute atomic E-state index is 12.3. The number of carbonyl (C=O) groups is 2. The summed E-state index contributed by atoms with van der Waals surface area (Å²) in [5, 5.41) is -0.547. The van der Waals surface area contributed by atoms with Gasteiger partial charge in [-0.15, -0.1) is 0 Å². The predicted molar refractivity (Wildman–Crippen MR) is 69.2 cm³/mol. The smallest absolute Gasteiger partial charge is 0.330 e. The third-order valence-corrected chi connectivity index (χ3v) is 7.56. The first kappa shape index (κ1) is 13.5. The van der Waals surface area contributed by atoms with Gasteiger partial charge >= 0.3 is 5.97 Å². The lowest BCUT2D eigenvalue weighted by Crippen LogP contribution is -2.69. The van der Waals surface area contributed by atoms with Gasteiger partial charge in [-0.25, -0.2) is 4.79 Å². The molecule has 0 radical (unpaired) electrons. The summed E-state index contributed by atoms with van der Waals surface area (Å²) in [4.78, 5) is 25.0. The standard InChI is InChI=1S/C9H11Br2NO4S/c1-8(2)4(5(13)16-3)12-6(14)9(10,11)7(12)17(8)15/h4,7H,1-3H3/t4-,7+,17?/m0/s1. The van der Waals surface area contributed by atoms with Crippen molar-refractivity contribution in [2.75, 3.05) is 7.11 Å². The Labute approximate surface area is 118 Å². The van der Waals surface area contributed by atoms with Gasteiger partial charge in [-0.05, 0) is 13.8 Å². The lowest BCUT2D eigenvalue weighted by molar-refractivity contribution is -0.159. The Morgan fingerprint density at radius 1 is 1.47 bits per heavy atom. The van der Waals surface area contributed by atoms with E-state index < -0.39 is 36.2 Å². The molecule has 0 spiro atoms. The van der Waals surface area contributed by atoms with Gasteiger partial charge in [0.05, 0.1) is 22.7 Å². The first-order valence-corrected chi connectivity index (χ1v) is 7.66. The molecule has 0 aromatic carbocycles. The molecule has 1 unspecified atom stereocenters. The molecule has 96 valence electrons. The minimum absolute atomic E-state index is 0.295. The molecule has 0 aromatic rings. The van der Waals surface area contributed by atoms with Crippen LogP contribution in [0.3, 0.4) is 0 Å². The molecule has 1 amide bonds. The van der Waals surface area contributed by atoms with Gasteiger partial charge in [-0.3, -0.25) is 9.00 Å². The molecule has 0 aliphatic carbocycles. The first-order chi connectivity index (χ1) is 7.67. The van der Waals surface area contributed by atoms with Gasteiger partial charge in [0.25, 0.3) is 5.91 Å². The zero-order valence-electron chi connectivity index (χ0n) is 9.40. The van der Waals surface area contributed by atoms with Crippen molar-refractivity contribution >= 4 is 54.5 Å². The van der Waals surface area contributed by atoms with Crippen molar-refractivity contribution in [3.05, 3.63) is 0 Å². The number of methoxy groups -OCH3 is 1. The molecule has 0 N–H and O–H groups in total. The number of amides is 1. The number of alkyl halides is 2. The van der Waals surface area contributed by atoms with Gasteiger partial charge in [0.2, 0.25) is 0 Å². The van der Waals surface area contributed by atoms with E-state index in [1.807, 2.05) is 0 Å². The van der Waals surface area contributed by atoms with Crippen LogP contribution in [0.25, 0.3) is 0 Å². The van der Waals surface area contributed by atoms with Crippen LogP contribution in [-0.4, -0.2) is 47.5 Å². The summed E-state index contributed by atoms with van der Waals surface area (Å²) < 4.78 is 15.2. The Balaban J connectivity index is 2.47. The van der Waals surface area contributed by atoms with Gasteiger partial charge in [-0.1, -0.05) is 31.9 Å². The van der Waals surface area contributed by atoms with E-state index in [9.17, 15) is 13.8 Å². The molecule has 2 saturated heterocycles. The Morgan fingerprint density at radius 2 is 2.00 bits per heavy atom. The number of rotatable bonds is 1. The summed E-state index contributed by atoms with van der Waals surface area (Å²) in [6, 6.07) is -0.797. The van der Waals surface area contributed by atoms with Crippen molar-refractivity contribution in [3.63, 3.8) is 0 Å². The Hall–Kier alpha value is 0.0500. The van der Waals surface area contributed by atoms with Crippen LogP contribution < -0.4 is 0 Å². The van der Waals surface area contributed by atoms with Crippen molar-refractivity contribution in [2.24, 2.45) is 0 Å². The van der Waals surface area contributed by atoms with Gasteiger partial charge < -0.3 is 9.64 Å². The van der Waals surface area contributed by atoms with E-state index >= 15 is 0 Å². The summed E-state index contributed by atoms with van der Waals surface area (Å²) >= 11 is 6.42. The molecule has 2 fully saturated rings. The van der Waals surface area contributed by atoms with Crippen molar-refractivity contribution in [3.8, 4) is 0 Å². The number of halogens is 2. The van der Waals surface area contributed by atoms with Crippen molar-refractivity contribution in [1.82, 2.24) is 4.90 Å². The number of hydrogen-bond acceptors (Lipinski definition) is 4. The fourth-order valence-corrected chi connectivity index (χ4v) is 5.89. The molecular formula is C9H11Br2NO4S. The van der Waals surface area contributed by atoms with Gasteiger partial charge in [-0.2, -0.15) is 0 Å². The molecule has 17 heavy (non-hydrogen) atoms. The number of nitrogens with zero attached hydrogens (tertiary/aromatic N) is 1. The van der Waals surface area contributed by atoms with Gasteiger partial charge in [0.1, 0.15) is 11.4 Å². The van der Waals surface area contributed by atoms with E-state index in [0.717, 1.165) is 0 Å². The highest BCUT2D eigenvalue weighted by molar-refractivity contribution is 9.26. The van der Waals surface area contributed by atoms with E-state index in [-0.39, 0.29) is 5.91 Å². The monoisotopic (exact) mass is 387 g/mol. The van der Waals surface area contributed by atoms with Crippen LogP contribution in [0.5, 0.6) is 0 Å². The first-order valence-electron chi connectivity index (χ1n) is 4.86.